The van der Waals surface area contributed by atoms with E-state index in [1.807, 2.05) is 19.2 Å². The molecule has 2 aromatic carbocycles. The van der Waals surface area contributed by atoms with Gasteiger partial charge in [0.2, 0.25) is 5.91 Å². The van der Waals surface area contributed by atoms with Crippen molar-refractivity contribution < 1.29 is 9.53 Å². The van der Waals surface area contributed by atoms with Crippen molar-refractivity contribution in [2.24, 2.45) is 0 Å². The number of carbonyl (C=O) groups is 1. The first-order valence-electron chi connectivity index (χ1n) is 11.6. The molecule has 0 spiro atoms. The number of fused-ring (bicyclic) bond motifs is 1. The highest BCUT2D eigenvalue weighted by molar-refractivity contribution is 7.99. The summed E-state index contributed by atoms with van der Waals surface area (Å²) in [6.07, 6.45) is 4.84. The van der Waals surface area contributed by atoms with Crippen LogP contribution in [0.1, 0.15) is 22.5 Å². The summed E-state index contributed by atoms with van der Waals surface area (Å²) in [5.41, 5.74) is 5.65. The Morgan fingerprint density at radius 2 is 1.94 bits per heavy atom. The van der Waals surface area contributed by atoms with Crippen molar-refractivity contribution in [2.45, 2.75) is 29.7 Å². The number of hydrogen-bond acceptors (Lipinski definition) is 6. The van der Waals surface area contributed by atoms with Gasteiger partial charge in [0.25, 0.3) is 0 Å². The van der Waals surface area contributed by atoms with Crippen LogP contribution >= 0.6 is 11.8 Å². The molecule has 7 heteroatoms. The summed E-state index contributed by atoms with van der Waals surface area (Å²) >= 11 is 1.65. The molecular weight excluding hydrogens is 444 g/mol. The second-order valence-electron chi connectivity index (χ2n) is 8.55. The summed E-state index contributed by atoms with van der Waals surface area (Å²) < 4.78 is 5.45. The van der Waals surface area contributed by atoms with Crippen LogP contribution in [0.2, 0.25) is 0 Å². The number of amides is 1. The van der Waals surface area contributed by atoms with Crippen molar-refractivity contribution in [3.8, 4) is 0 Å². The van der Waals surface area contributed by atoms with Gasteiger partial charge in [-0.1, -0.05) is 30.5 Å². The molecule has 5 rings (SSSR count). The molecule has 0 bridgehead atoms. The fourth-order valence-electron chi connectivity index (χ4n) is 4.37. The molecule has 0 radical (unpaired) electrons. The first kappa shape index (κ1) is 22.6. The summed E-state index contributed by atoms with van der Waals surface area (Å²) in [5, 5.41) is 0.965. The van der Waals surface area contributed by atoms with Crippen molar-refractivity contribution in [3.05, 3.63) is 83.8 Å². The Morgan fingerprint density at radius 3 is 2.71 bits per heavy atom. The predicted molar refractivity (Wildman–Crippen MR) is 136 cm³/mol. The quantitative estimate of drug-likeness (QED) is 0.391. The van der Waals surface area contributed by atoms with Gasteiger partial charge in [0.15, 0.2) is 0 Å². The van der Waals surface area contributed by atoms with E-state index in [-0.39, 0.29) is 5.91 Å². The third-order valence-corrected chi connectivity index (χ3v) is 7.35. The summed E-state index contributed by atoms with van der Waals surface area (Å²) in [6, 6.07) is 14.9. The number of hydrogen-bond donors (Lipinski definition) is 0. The number of benzene rings is 2. The number of ether oxygens (including phenoxy) is 1. The van der Waals surface area contributed by atoms with Crippen LogP contribution in [0, 0.1) is 6.92 Å². The second kappa shape index (κ2) is 9.99. The number of aryl methyl sites for hydroxylation is 1. The zero-order chi connectivity index (χ0) is 23.5. The first-order valence-corrected chi connectivity index (χ1v) is 12.4. The maximum atomic E-state index is 12.1. The summed E-state index contributed by atoms with van der Waals surface area (Å²) in [5.74, 6) is 0.768. The Labute approximate surface area is 204 Å². The predicted octanol–water partition coefficient (Wildman–Crippen LogP) is 4.44. The van der Waals surface area contributed by atoms with Gasteiger partial charge in [0.1, 0.15) is 10.9 Å². The minimum atomic E-state index is -0.0478. The monoisotopic (exact) mass is 472 g/mol. The zero-order valence-electron chi connectivity index (χ0n) is 19.4. The number of rotatable bonds is 6. The van der Waals surface area contributed by atoms with Crippen LogP contribution < -0.4 is 9.80 Å². The van der Waals surface area contributed by atoms with Crippen molar-refractivity contribution in [3.63, 3.8) is 0 Å². The molecule has 2 aliphatic heterocycles. The molecule has 6 nitrogen and oxygen atoms in total. The number of carbonyl (C=O) groups excluding carboxylic acids is 1. The molecular formula is C27H28N4O2S. The smallest absolute Gasteiger partial charge is 0.250 e. The molecule has 0 saturated carbocycles. The van der Waals surface area contributed by atoms with E-state index in [0.717, 1.165) is 59.7 Å². The van der Waals surface area contributed by atoms with E-state index < -0.39 is 0 Å². The molecule has 0 unspecified atom stereocenters. The minimum absolute atomic E-state index is 0.0478. The molecule has 3 heterocycles. The van der Waals surface area contributed by atoms with Crippen molar-refractivity contribution >= 4 is 29.0 Å². The highest BCUT2D eigenvalue weighted by Crippen LogP contribution is 2.35. The van der Waals surface area contributed by atoms with E-state index in [9.17, 15) is 4.79 Å². The lowest BCUT2D eigenvalue weighted by molar-refractivity contribution is -0.114. The van der Waals surface area contributed by atoms with E-state index in [2.05, 4.69) is 52.9 Å². The van der Waals surface area contributed by atoms with Gasteiger partial charge in [-0.2, -0.15) is 0 Å². The van der Waals surface area contributed by atoms with Crippen LogP contribution in [0.4, 0.5) is 11.4 Å². The van der Waals surface area contributed by atoms with Gasteiger partial charge in [0.05, 0.1) is 13.2 Å². The molecule has 1 saturated heterocycles. The summed E-state index contributed by atoms with van der Waals surface area (Å²) in [4.78, 5) is 26.8. The summed E-state index contributed by atoms with van der Waals surface area (Å²) in [7, 11) is 0. The molecule has 0 atom stereocenters. The van der Waals surface area contributed by atoms with Gasteiger partial charge in [-0.05, 0) is 66.4 Å². The molecule has 1 fully saturated rings. The Hall–Kier alpha value is -3.16. The highest BCUT2D eigenvalue weighted by atomic mass is 32.2. The van der Waals surface area contributed by atoms with Gasteiger partial charge in [0, 0.05) is 48.5 Å². The van der Waals surface area contributed by atoms with Gasteiger partial charge in [-0.3, -0.25) is 4.79 Å². The van der Waals surface area contributed by atoms with Gasteiger partial charge >= 0.3 is 0 Å². The second-order valence-corrected chi connectivity index (χ2v) is 9.62. The van der Waals surface area contributed by atoms with Crippen molar-refractivity contribution in [2.75, 3.05) is 42.6 Å². The molecule has 34 heavy (non-hydrogen) atoms. The minimum Gasteiger partial charge on any atom is -0.378 e. The van der Waals surface area contributed by atoms with Crippen molar-refractivity contribution in [1.29, 1.82) is 0 Å². The fourth-order valence-corrected chi connectivity index (χ4v) is 5.30. The molecule has 1 aromatic heterocycles. The standard InChI is InChI=1S/C27H28N4O2S/c1-3-26(32)31-11-10-21-17-23(8-9-24(21)31)34-27-19(2)18-28-25(29-27)16-20-4-6-22(7-5-20)30-12-14-33-15-13-30/h3-9,17-18H,1,10-16H2,2H3. The number of morpholine rings is 1. The normalized spacial score (nSPS) is 15.3. The SMILES string of the molecule is C=CC(=O)N1CCc2cc(Sc3nc(Cc4ccc(N5CCOCC5)cc4)ncc3C)ccc21. The van der Waals surface area contributed by atoms with E-state index in [0.29, 0.717) is 13.0 Å². The van der Waals surface area contributed by atoms with E-state index in [1.54, 1.807) is 16.7 Å². The van der Waals surface area contributed by atoms with Gasteiger partial charge < -0.3 is 14.5 Å². The average molecular weight is 473 g/mol. The number of nitrogens with zero attached hydrogens (tertiary/aromatic N) is 4. The first-order chi connectivity index (χ1) is 16.6. The maximum Gasteiger partial charge on any atom is 0.250 e. The van der Waals surface area contributed by atoms with Crippen LogP contribution in [0.15, 0.2) is 71.2 Å². The van der Waals surface area contributed by atoms with Crippen LogP contribution in [-0.2, 0) is 22.4 Å². The van der Waals surface area contributed by atoms with E-state index in [1.165, 1.54) is 22.9 Å². The fraction of sp³-hybridized carbons (Fsp3) is 0.296. The van der Waals surface area contributed by atoms with Gasteiger partial charge in [-0.25, -0.2) is 9.97 Å². The number of anilines is 2. The molecule has 0 aliphatic carbocycles. The highest BCUT2D eigenvalue weighted by Gasteiger charge is 2.23. The Kier molecular flexibility index (Phi) is 6.65. The molecule has 0 N–H and O–H groups in total. The van der Waals surface area contributed by atoms with E-state index in [4.69, 9.17) is 9.72 Å². The van der Waals surface area contributed by atoms with Gasteiger partial charge in [-0.15, -0.1) is 0 Å². The lowest BCUT2D eigenvalue weighted by Crippen LogP contribution is -2.36. The van der Waals surface area contributed by atoms with Crippen LogP contribution in [0.25, 0.3) is 0 Å². The topological polar surface area (TPSA) is 58.6 Å². The third-order valence-electron chi connectivity index (χ3n) is 6.25. The summed E-state index contributed by atoms with van der Waals surface area (Å²) in [6.45, 7) is 9.80. The van der Waals surface area contributed by atoms with Crippen LogP contribution in [0.5, 0.6) is 0 Å². The Morgan fingerprint density at radius 1 is 1.15 bits per heavy atom. The third kappa shape index (κ3) is 4.86. The van der Waals surface area contributed by atoms with E-state index >= 15 is 0 Å². The lowest BCUT2D eigenvalue weighted by Gasteiger charge is -2.28. The average Bonchev–Trinajstić information content (AvgIpc) is 3.30. The lowest BCUT2D eigenvalue weighted by atomic mass is 10.1. The number of aromatic nitrogens is 2. The molecule has 1 amide bonds. The molecule has 174 valence electrons. The van der Waals surface area contributed by atoms with Crippen LogP contribution in [0.3, 0.4) is 0 Å². The maximum absolute atomic E-state index is 12.1. The van der Waals surface area contributed by atoms with Crippen molar-refractivity contribution in [1.82, 2.24) is 9.97 Å². The zero-order valence-corrected chi connectivity index (χ0v) is 20.2. The Bertz CT molecular complexity index is 1210. The largest absolute Gasteiger partial charge is 0.378 e. The molecule has 3 aromatic rings. The van der Waals surface area contributed by atoms with Crippen LogP contribution in [-0.4, -0.2) is 48.7 Å². The Balaban J connectivity index is 1.29. The molecule has 2 aliphatic rings.